The van der Waals surface area contributed by atoms with Crippen LogP contribution in [0.2, 0.25) is 5.02 Å². The van der Waals surface area contributed by atoms with Crippen molar-refractivity contribution in [3.05, 3.63) is 64.7 Å². The van der Waals surface area contributed by atoms with Gasteiger partial charge in [0.15, 0.2) is 0 Å². The zero-order valence-corrected chi connectivity index (χ0v) is 14.9. The van der Waals surface area contributed by atoms with Crippen molar-refractivity contribution in [2.75, 3.05) is 32.8 Å². The lowest BCUT2D eigenvalue weighted by Crippen LogP contribution is -2.33. The molecule has 0 amide bonds. The quantitative estimate of drug-likeness (QED) is 0.882. The first-order chi connectivity index (χ1) is 11.8. The van der Waals surface area contributed by atoms with Crippen LogP contribution in [0.25, 0.3) is 0 Å². The monoisotopic (exact) mass is 344 g/mol. The van der Waals surface area contributed by atoms with Crippen LogP contribution in [0, 0.1) is 0 Å². The Hall–Kier alpha value is -1.55. The van der Waals surface area contributed by atoms with Crippen LogP contribution in [-0.2, 0) is 0 Å². The molecule has 1 saturated heterocycles. The summed E-state index contributed by atoms with van der Waals surface area (Å²) in [7, 11) is 0. The highest BCUT2D eigenvalue weighted by molar-refractivity contribution is 6.30. The Bertz CT molecular complexity index is 654. The molecule has 0 aromatic heterocycles. The number of rotatable bonds is 5. The van der Waals surface area contributed by atoms with Gasteiger partial charge in [0, 0.05) is 30.2 Å². The van der Waals surface area contributed by atoms with E-state index in [0.29, 0.717) is 6.61 Å². The number of benzene rings is 2. The lowest BCUT2D eigenvalue weighted by atomic mass is 9.96. The van der Waals surface area contributed by atoms with Gasteiger partial charge < -0.3 is 10.1 Å². The van der Waals surface area contributed by atoms with Crippen molar-refractivity contribution >= 4 is 11.6 Å². The Morgan fingerprint density at radius 1 is 1.12 bits per heavy atom. The van der Waals surface area contributed by atoms with Gasteiger partial charge in [-0.15, -0.1) is 0 Å². The molecule has 4 heteroatoms. The first-order valence-corrected chi connectivity index (χ1v) is 9.09. The van der Waals surface area contributed by atoms with E-state index < -0.39 is 0 Å². The molecular formula is C20H25ClN2O. The second-order valence-electron chi connectivity index (χ2n) is 6.07. The molecule has 1 heterocycles. The van der Waals surface area contributed by atoms with Crippen LogP contribution in [0.3, 0.4) is 0 Å². The first kappa shape index (κ1) is 17.3. The molecule has 0 spiro atoms. The molecule has 128 valence electrons. The Kier molecular flexibility index (Phi) is 6.13. The SMILES string of the molecule is CCOc1ccccc1C(c1cccc(Cl)c1)N1CCCNCC1. The highest BCUT2D eigenvalue weighted by atomic mass is 35.5. The molecule has 2 aromatic rings. The van der Waals surface area contributed by atoms with Crippen LogP contribution in [0.4, 0.5) is 0 Å². The van der Waals surface area contributed by atoms with Crippen LogP contribution >= 0.6 is 11.6 Å². The molecule has 1 N–H and O–H groups in total. The van der Waals surface area contributed by atoms with E-state index in [9.17, 15) is 0 Å². The molecule has 0 aliphatic carbocycles. The number of hydrogen-bond donors (Lipinski definition) is 1. The van der Waals surface area contributed by atoms with E-state index in [4.69, 9.17) is 16.3 Å². The number of nitrogens with one attached hydrogen (secondary N) is 1. The summed E-state index contributed by atoms with van der Waals surface area (Å²) in [5.41, 5.74) is 2.43. The number of ether oxygens (including phenoxy) is 1. The number of para-hydroxylation sites is 1. The minimum Gasteiger partial charge on any atom is -0.494 e. The molecule has 0 saturated carbocycles. The fraction of sp³-hybridized carbons (Fsp3) is 0.400. The second-order valence-corrected chi connectivity index (χ2v) is 6.50. The molecule has 1 aliphatic rings. The lowest BCUT2D eigenvalue weighted by Gasteiger charge is -2.32. The minimum absolute atomic E-state index is 0.159. The summed E-state index contributed by atoms with van der Waals surface area (Å²) in [6.45, 7) is 6.85. The summed E-state index contributed by atoms with van der Waals surface area (Å²) in [6, 6.07) is 16.7. The Balaban J connectivity index is 2.04. The largest absolute Gasteiger partial charge is 0.494 e. The van der Waals surface area contributed by atoms with E-state index in [0.717, 1.165) is 43.4 Å². The summed E-state index contributed by atoms with van der Waals surface area (Å²) in [5.74, 6) is 0.960. The molecule has 1 unspecified atom stereocenters. The van der Waals surface area contributed by atoms with Crippen LogP contribution in [0.1, 0.15) is 30.5 Å². The van der Waals surface area contributed by atoms with E-state index in [1.54, 1.807) is 0 Å². The van der Waals surface area contributed by atoms with Gasteiger partial charge in [-0.05, 0) is 43.7 Å². The highest BCUT2D eigenvalue weighted by Crippen LogP contribution is 2.35. The minimum atomic E-state index is 0.159. The highest BCUT2D eigenvalue weighted by Gasteiger charge is 2.26. The van der Waals surface area contributed by atoms with Gasteiger partial charge in [0.25, 0.3) is 0 Å². The van der Waals surface area contributed by atoms with Crippen molar-refractivity contribution in [1.29, 1.82) is 0 Å². The van der Waals surface area contributed by atoms with Gasteiger partial charge in [0.05, 0.1) is 12.6 Å². The molecule has 24 heavy (non-hydrogen) atoms. The average molecular weight is 345 g/mol. The third-order valence-electron chi connectivity index (χ3n) is 4.42. The summed E-state index contributed by atoms with van der Waals surface area (Å²) in [6.07, 6.45) is 1.15. The van der Waals surface area contributed by atoms with E-state index in [1.165, 1.54) is 11.1 Å². The zero-order chi connectivity index (χ0) is 16.8. The number of halogens is 1. The van der Waals surface area contributed by atoms with Crippen molar-refractivity contribution < 1.29 is 4.74 Å². The number of hydrogen-bond acceptors (Lipinski definition) is 3. The molecule has 2 aromatic carbocycles. The van der Waals surface area contributed by atoms with Gasteiger partial charge in [0.1, 0.15) is 5.75 Å². The predicted molar refractivity (Wildman–Crippen MR) is 100.0 cm³/mol. The second kappa shape index (κ2) is 8.52. The fourth-order valence-corrected chi connectivity index (χ4v) is 3.58. The molecular weight excluding hydrogens is 320 g/mol. The zero-order valence-electron chi connectivity index (χ0n) is 14.2. The maximum absolute atomic E-state index is 6.29. The maximum Gasteiger partial charge on any atom is 0.124 e. The van der Waals surface area contributed by atoms with Gasteiger partial charge in [-0.1, -0.05) is 41.9 Å². The van der Waals surface area contributed by atoms with Crippen LogP contribution in [-0.4, -0.2) is 37.7 Å². The van der Waals surface area contributed by atoms with Crippen molar-refractivity contribution in [1.82, 2.24) is 10.2 Å². The fourth-order valence-electron chi connectivity index (χ4n) is 3.38. The first-order valence-electron chi connectivity index (χ1n) is 8.71. The van der Waals surface area contributed by atoms with Crippen molar-refractivity contribution in [3.63, 3.8) is 0 Å². The van der Waals surface area contributed by atoms with Gasteiger partial charge in [0.2, 0.25) is 0 Å². The summed E-state index contributed by atoms with van der Waals surface area (Å²) in [4.78, 5) is 2.53. The van der Waals surface area contributed by atoms with E-state index in [-0.39, 0.29) is 6.04 Å². The summed E-state index contributed by atoms with van der Waals surface area (Å²) < 4.78 is 5.92. The number of nitrogens with zero attached hydrogens (tertiary/aromatic N) is 1. The topological polar surface area (TPSA) is 24.5 Å². The normalized spacial score (nSPS) is 17.2. The van der Waals surface area contributed by atoms with Crippen molar-refractivity contribution in [2.45, 2.75) is 19.4 Å². The van der Waals surface area contributed by atoms with E-state index in [1.807, 2.05) is 25.1 Å². The molecule has 0 radical (unpaired) electrons. The molecule has 3 rings (SSSR count). The molecule has 0 bridgehead atoms. The Labute approximate surface area is 149 Å². The Morgan fingerprint density at radius 3 is 2.83 bits per heavy atom. The van der Waals surface area contributed by atoms with Gasteiger partial charge in [-0.25, -0.2) is 0 Å². The average Bonchev–Trinajstić information content (AvgIpc) is 2.86. The standard InChI is InChI=1S/C20H25ClN2O/c1-2-24-19-10-4-3-9-18(19)20(16-7-5-8-17(21)15-16)23-13-6-11-22-12-14-23/h3-5,7-10,15,20,22H,2,6,11-14H2,1H3. The van der Waals surface area contributed by atoms with Gasteiger partial charge in [-0.3, -0.25) is 4.90 Å². The van der Waals surface area contributed by atoms with Crippen LogP contribution in [0.15, 0.2) is 48.5 Å². The van der Waals surface area contributed by atoms with Crippen LogP contribution < -0.4 is 10.1 Å². The smallest absolute Gasteiger partial charge is 0.124 e. The predicted octanol–water partition coefficient (Wildman–Crippen LogP) is 4.12. The summed E-state index contributed by atoms with van der Waals surface area (Å²) >= 11 is 6.29. The third-order valence-corrected chi connectivity index (χ3v) is 4.65. The van der Waals surface area contributed by atoms with Crippen molar-refractivity contribution in [3.8, 4) is 5.75 Å². The Morgan fingerprint density at radius 2 is 2.00 bits per heavy atom. The molecule has 3 nitrogen and oxygen atoms in total. The summed E-state index contributed by atoms with van der Waals surface area (Å²) in [5, 5.41) is 4.26. The molecule has 1 fully saturated rings. The third kappa shape index (κ3) is 4.10. The maximum atomic E-state index is 6.29. The van der Waals surface area contributed by atoms with Gasteiger partial charge >= 0.3 is 0 Å². The lowest BCUT2D eigenvalue weighted by molar-refractivity contribution is 0.233. The van der Waals surface area contributed by atoms with E-state index in [2.05, 4.69) is 40.5 Å². The van der Waals surface area contributed by atoms with Crippen molar-refractivity contribution in [2.24, 2.45) is 0 Å². The molecule has 1 aliphatic heterocycles. The van der Waals surface area contributed by atoms with E-state index >= 15 is 0 Å². The molecule has 1 atom stereocenters. The van der Waals surface area contributed by atoms with Crippen LogP contribution in [0.5, 0.6) is 5.75 Å². The van der Waals surface area contributed by atoms with Gasteiger partial charge in [-0.2, -0.15) is 0 Å².